The number of amides is 4. The molecule has 266 valence electrons. The Morgan fingerprint density at radius 3 is 2.08 bits per heavy atom. The van der Waals surface area contributed by atoms with Gasteiger partial charge in [0.05, 0.1) is 34.7 Å². The molecule has 13 heteroatoms. The van der Waals surface area contributed by atoms with Gasteiger partial charge in [0.15, 0.2) is 9.84 Å². The number of hydrogen-bond acceptors (Lipinski definition) is 7. The molecule has 1 aromatic heterocycles. The van der Waals surface area contributed by atoms with Crippen molar-refractivity contribution >= 4 is 33.5 Å². The molecule has 0 radical (unpaired) electrons. The molecular weight excluding hydrogens is 657 g/mol. The van der Waals surface area contributed by atoms with Gasteiger partial charge in [-0.2, -0.15) is 5.10 Å². The van der Waals surface area contributed by atoms with Crippen molar-refractivity contribution in [2.45, 2.75) is 57.2 Å². The molecule has 2 aliphatic heterocycles. The second-order valence-electron chi connectivity index (χ2n) is 15.4. The van der Waals surface area contributed by atoms with E-state index in [1.54, 1.807) is 51.0 Å². The summed E-state index contributed by atoms with van der Waals surface area (Å²) in [7, 11) is -2.58. The number of sulfone groups is 1. The molecule has 12 nitrogen and oxygen atoms in total. The lowest BCUT2D eigenvalue weighted by Crippen LogP contribution is -2.66. The SMILES string of the molecule is CNC(=O)C(NC(=O)[C@@H]1CN(C(=O)c2cnn(Cc3ccccc3)c2)CC12CN(C(=O)[C@H]1CC1(C)C)C2)C(C)(C)S(=O)(=O)Cc1ccccc1. The molecule has 50 heavy (non-hydrogen) atoms. The largest absolute Gasteiger partial charge is 0.357 e. The molecule has 1 aliphatic carbocycles. The van der Waals surface area contributed by atoms with Crippen molar-refractivity contribution in [2.24, 2.45) is 22.7 Å². The molecule has 3 atom stereocenters. The van der Waals surface area contributed by atoms with Gasteiger partial charge in [-0.1, -0.05) is 74.5 Å². The van der Waals surface area contributed by atoms with Crippen LogP contribution in [0.2, 0.25) is 0 Å². The second kappa shape index (κ2) is 13.0. The van der Waals surface area contributed by atoms with Crippen LogP contribution in [-0.2, 0) is 36.5 Å². The van der Waals surface area contributed by atoms with Crippen LogP contribution in [0.25, 0.3) is 0 Å². The van der Waals surface area contributed by atoms with Gasteiger partial charge in [-0.25, -0.2) is 8.42 Å². The van der Waals surface area contributed by atoms with E-state index in [2.05, 4.69) is 29.6 Å². The third-order valence-electron chi connectivity index (χ3n) is 10.9. The molecule has 1 unspecified atom stereocenters. The Kier molecular flexibility index (Phi) is 9.17. The molecule has 1 saturated carbocycles. The molecule has 6 rings (SSSR count). The summed E-state index contributed by atoms with van der Waals surface area (Å²) in [6.45, 7) is 8.34. The highest BCUT2D eigenvalue weighted by Crippen LogP contribution is 2.54. The van der Waals surface area contributed by atoms with Gasteiger partial charge in [-0.3, -0.25) is 23.9 Å². The minimum atomic E-state index is -3.97. The molecule has 3 heterocycles. The predicted octanol–water partition coefficient (Wildman–Crippen LogP) is 2.50. The van der Waals surface area contributed by atoms with E-state index in [0.717, 1.165) is 12.0 Å². The number of aromatic nitrogens is 2. The standard InChI is InChI=1S/C37H46N6O6S/c1-35(2)16-28(35)34(47)42-23-37(24-42)22-41(33(46)27-17-39-43(19-27)18-25-12-8-6-9-13-25)20-29(37)31(44)40-30(32(45)38-5)36(3,4)50(48,49)21-26-14-10-7-11-15-26/h6-15,17,19,28-30H,16,18,20-24H2,1-5H3,(H,38,45)(H,40,44)/t28-,29+,30?/m1/s1. The van der Waals surface area contributed by atoms with E-state index < -0.39 is 43.8 Å². The maximum Gasteiger partial charge on any atom is 0.257 e. The van der Waals surface area contributed by atoms with E-state index in [1.807, 2.05) is 30.3 Å². The third-order valence-corrected chi connectivity index (χ3v) is 13.5. The molecule has 2 aromatic carbocycles. The van der Waals surface area contributed by atoms with Crippen LogP contribution >= 0.6 is 0 Å². The molecular formula is C37H46N6O6S. The number of rotatable bonds is 11. The van der Waals surface area contributed by atoms with Crippen LogP contribution in [0.5, 0.6) is 0 Å². The van der Waals surface area contributed by atoms with Crippen LogP contribution in [0.3, 0.4) is 0 Å². The van der Waals surface area contributed by atoms with Crippen molar-refractivity contribution in [1.82, 2.24) is 30.2 Å². The first-order valence-corrected chi connectivity index (χ1v) is 18.6. The van der Waals surface area contributed by atoms with Gasteiger partial charge in [-0.05, 0) is 36.8 Å². The summed E-state index contributed by atoms with van der Waals surface area (Å²) in [4.78, 5) is 58.2. The number of nitrogens with one attached hydrogen (secondary N) is 2. The van der Waals surface area contributed by atoms with Gasteiger partial charge in [-0.15, -0.1) is 0 Å². The summed E-state index contributed by atoms with van der Waals surface area (Å²) in [6.07, 6.45) is 4.00. The van der Waals surface area contributed by atoms with E-state index >= 15 is 0 Å². The monoisotopic (exact) mass is 702 g/mol. The van der Waals surface area contributed by atoms with Crippen molar-refractivity contribution in [3.05, 3.63) is 89.7 Å². The molecule has 3 aromatic rings. The normalized spacial score (nSPS) is 21.3. The minimum absolute atomic E-state index is 0.0446. The number of carbonyl (C=O) groups is 4. The minimum Gasteiger partial charge on any atom is -0.357 e. The van der Waals surface area contributed by atoms with Crippen LogP contribution in [0, 0.1) is 22.7 Å². The van der Waals surface area contributed by atoms with Crippen molar-refractivity contribution in [2.75, 3.05) is 33.2 Å². The summed E-state index contributed by atoms with van der Waals surface area (Å²) in [5, 5.41) is 9.71. The van der Waals surface area contributed by atoms with Gasteiger partial charge >= 0.3 is 0 Å². The van der Waals surface area contributed by atoms with E-state index in [4.69, 9.17) is 0 Å². The van der Waals surface area contributed by atoms with Crippen molar-refractivity contribution < 1.29 is 27.6 Å². The Bertz CT molecular complexity index is 1880. The van der Waals surface area contributed by atoms with Gasteiger partial charge in [0.2, 0.25) is 17.7 Å². The average Bonchev–Trinajstić information content (AvgIpc) is 3.37. The summed E-state index contributed by atoms with van der Waals surface area (Å²) in [5.74, 6) is -2.60. The van der Waals surface area contributed by atoms with Crippen molar-refractivity contribution in [3.8, 4) is 0 Å². The van der Waals surface area contributed by atoms with E-state index in [1.165, 1.54) is 27.1 Å². The van der Waals surface area contributed by atoms with Crippen LogP contribution < -0.4 is 10.6 Å². The number of hydrogen-bond donors (Lipinski definition) is 2. The van der Waals surface area contributed by atoms with Crippen LogP contribution in [0.1, 0.15) is 55.6 Å². The fraction of sp³-hybridized carbons (Fsp3) is 0.486. The first kappa shape index (κ1) is 35.3. The summed E-state index contributed by atoms with van der Waals surface area (Å²) in [5.41, 5.74) is 1.15. The first-order chi connectivity index (χ1) is 23.6. The van der Waals surface area contributed by atoms with Gasteiger partial charge in [0.1, 0.15) is 6.04 Å². The molecule has 2 saturated heterocycles. The maximum atomic E-state index is 14.3. The average molecular weight is 703 g/mol. The van der Waals surface area contributed by atoms with Gasteiger partial charge in [0, 0.05) is 50.8 Å². The number of nitrogens with zero attached hydrogens (tertiary/aromatic N) is 4. The van der Waals surface area contributed by atoms with E-state index in [0.29, 0.717) is 17.7 Å². The Labute approximate surface area is 293 Å². The van der Waals surface area contributed by atoms with Crippen LogP contribution in [0.4, 0.5) is 0 Å². The topological polar surface area (TPSA) is 151 Å². The molecule has 3 fully saturated rings. The van der Waals surface area contributed by atoms with E-state index in [-0.39, 0.29) is 55.1 Å². The molecule has 4 amide bonds. The van der Waals surface area contributed by atoms with E-state index in [9.17, 15) is 27.6 Å². The fourth-order valence-corrected chi connectivity index (χ4v) is 8.93. The number of benzene rings is 2. The Hall–Kier alpha value is -4.52. The lowest BCUT2D eigenvalue weighted by atomic mass is 9.70. The van der Waals surface area contributed by atoms with Crippen molar-refractivity contribution in [3.63, 3.8) is 0 Å². The number of carbonyl (C=O) groups excluding carboxylic acids is 4. The molecule has 1 spiro atoms. The predicted molar refractivity (Wildman–Crippen MR) is 187 cm³/mol. The maximum absolute atomic E-state index is 14.3. The van der Waals surface area contributed by atoms with Crippen molar-refractivity contribution in [1.29, 1.82) is 0 Å². The highest BCUT2D eigenvalue weighted by Gasteiger charge is 2.62. The zero-order valence-electron chi connectivity index (χ0n) is 29.3. The Balaban J connectivity index is 1.24. The quantitative estimate of drug-likeness (QED) is 0.312. The van der Waals surface area contributed by atoms with Crippen LogP contribution in [0.15, 0.2) is 73.1 Å². The zero-order chi connectivity index (χ0) is 36.1. The summed E-state index contributed by atoms with van der Waals surface area (Å²) >= 11 is 0. The summed E-state index contributed by atoms with van der Waals surface area (Å²) < 4.78 is 27.6. The lowest BCUT2D eigenvalue weighted by molar-refractivity contribution is -0.152. The smallest absolute Gasteiger partial charge is 0.257 e. The highest BCUT2D eigenvalue weighted by molar-refractivity contribution is 7.92. The second-order valence-corrected chi connectivity index (χ2v) is 17.9. The number of likely N-dealkylation sites (N-methyl/N-ethyl adjacent to an activating group) is 1. The third kappa shape index (κ3) is 6.67. The lowest BCUT2D eigenvalue weighted by Gasteiger charge is -2.50. The summed E-state index contributed by atoms with van der Waals surface area (Å²) in [6, 6.07) is 17.0. The van der Waals surface area contributed by atoms with Gasteiger partial charge in [0.25, 0.3) is 5.91 Å². The van der Waals surface area contributed by atoms with Gasteiger partial charge < -0.3 is 20.4 Å². The molecule has 0 bridgehead atoms. The zero-order valence-corrected chi connectivity index (χ0v) is 30.1. The Morgan fingerprint density at radius 2 is 1.50 bits per heavy atom. The Morgan fingerprint density at radius 1 is 0.920 bits per heavy atom. The molecule has 2 N–H and O–H groups in total. The number of likely N-dealkylation sites (tertiary alicyclic amines) is 2. The molecule has 3 aliphatic rings. The fourth-order valence-electron chi connectivity index (χ4n) is 7.40. The van der Waals surface area contributed by atoms with Crippen LogP contribution in [-0.4, -0.2) is 95.6 Å². The highest BCUT2D eigenvalue weighted by atomic mass is 32.2. The first-order valence-electron chi connectivity index (χ1n) is 17.0.